The first-order chi connectivity index (χ1) is 8.13. The first kappa shape index (κ1) is 12.2. The maximum atomic E-state index is 11.7. The highest BCUT2D eigenvalue weighted by molar-refractivity contribution is 9.10. The third kappa shape index (κ3) is 2.37. The van der Waals surface area contributed by atoms with Crippen molar-refractivity contribution in [3.05, 3.63) is 45.6 Å². The summed E-state index contributed by atoms with van der Waals surface area (Å²) >= 11 is 9.28. The Morgan fingerprint density at radius 3 is 2.82 bits per heavy atom. The van der Waals surface area contributed by atoms with Gasteiger partial charge >= 0.3 is 5.97 Å². The lowest BCUT2D eigenvalue weighted by molar-refractivity contribution is 0.0601. The van der Waals surface area contributed by atoms with E-state index in [0.29, 0.717) is 26.4 Å². The maximum absolute atomic E-state index is 11.7. The summed E-state index contributed by atoms with van der Waals surface area (Å²) in [6.45, 7) is 0. The summed E-state index contributed by atoms with van der Waals surface area (Å²) in [4.78, 5) is 11.7. The molecule has 2 rings (SSSR count). The van der Waals surface area contributed by atoms with Crippen LogP contribution in [-0.4, -0.2) is 13.1 Å². The van der Waals surface area contributed by atoms with Crippen LogP contribution in [-0.2, 0) is 4.74 Å². The van der Waals surface area contributed by atoms with Gasteiger partial charge in [-0.05, 0) is 40.2 Å². The van der Waals surface area contributed by atoms with Gasteiger partial charge in [-0.1, -0.05) is 11.6 Å². The van der Waals surface area contributed by atoms with Crippen LogP contribution < -0.4 is 0 Å². The molecule has 3 nitrogen and oxygen atoms in total. The first-order valence-corrected chi connectivity index (χ1v) is 5.92. The summed E-state index contributed by atoms with van der Waals surface area (Å²) in [6.07, 6.45) is 1.54. The van der Waals surface area contributed by atoms with Gasteiger partial charge in [0, 0.05) is 15.1 Å². The molecule has 1 heterocycles. The normalized spacial score (nSPS) is 10.3. The van der Waals surface area contributed by atoms with Gasteiger partial charge in [0.15, 0.2) is 0 Å². The Hall–Kier alpha value is -1.26. The number of esters is 1. The lowest BCUT2D eigenvalue weighted by atomic mass is 10.1. The van der Waals surface area contributed by atoms with Crippen molar-refractivity contribution in [2.45, 2.75) is 0 Å². The first-order valence-electron chi connectivity index (χ1n) is 4.74. The number of carbonyl (C=O) groups excluding carboxylic acids is 1. The molecule has 0 unspecified atom stereocenters. The third-order valence-corrected chi connectivity index (χ3v) is 3.07. The van der Waals surface area contributed by atoms with E-state index in [-0.39, 0.29) is 0 Å². The molecule has 0 aliphatic heterocycles. The van der Waals surface area contributed by atoms with Crippen molar-refractivity contribution < 1.29 is 13.9 Å². The van der Waals surface area contributed by atoms with Gasteiger partial charge < -0.3 is 9.15 Å². The number of hydrogen-bond donors (Lipinski definition) is 0. The minimum atomic E-state index is -0.459. The van der Waals surface area contributed by atoms with Crippen LogP contribution in [0, 0.1) is 0 Å². The molecular weight excluding hydrogens is 307 g/mol. The van der Waals surface area contributed by atoms with Crippen LogP contribution in [0.3, 0.4) is 0 Å². The highest BCUT2D eigenvalue weighted by atomic mass is 79.9. The zero-order chi connectivity index (χ0) is 12.4. The molecule has 0 saturated carbocycles. The SMILES string of the molecule is COC(=O)c1cc(Cl)cc(Br)c1-c1ccco1. The minimum absolute atomic E-state index is 0.363. The Morgan fingerprint density at radius 1 is 1.47 bits per heavy atom. The Labute approximate surface area is 111 Å². The summed E-state index contributed by atoms with van der Waals surface area (Å²) in [5.74, 6) is 0.119. The fourth-order valence-corrected chi connectivity index (χ4v) is 2.52. The highest BCUT2D eigenvalue weighted by Gasteiger charge is 2.19. The number of furan rings is 1. The molecule has 0 aliphatic carbocycles. The van der Waals surface area contributed by atoms with Crippen molar-refractivity contribution in [1.29, 1.82) is 0 Å². The number of benzene rings is 1. The van der Waals surface area contributed by atoms with Crippen LogP contribution in [0.25, 0.3) is 11.3 Å². The molecule has 88 valence electrons. The summed E-state index contributed by atoms with van der Waals surface area (Å²) < 4.78 is 10.7. The second-order valence-corrected chi connectivity index (χ2v) is 4.57. The number of rotatable bonds is 2. The molecule has 0 atom stereocenters. The number of halogens is 2. The van der Waals surface area contributed by atoms with Crippen molar-refractivity contribution >= 4 is 33.5 Å². The molecule has 0 radical (unpaired) electrons. The number of methoxy groups -OCH3 is 1. The van der Waals surface area contributed by atoms with E-state index in [0.717, 1.165) is 0 Å². The van der Waals surface area contributed by atoms with Gasteiger partial charge in [-0.15, -0.1) is 0 Å². The second kappa shape index (κ2) is 4.94. The van der Waals surface area contributed by atoms with Crippen molar-refractivity contribution in [1.82, 2.24) is 0 Å². The lowest BCUT2D eigenvalue weighted by Gasteiger charge is -2.08. The summed E-state index contributed by atoms with van der Waals surface area (Å²) in [7, 11) is 1.32. The molecule has 0 N–H and O–H groups in total. The Balaban J connectivity index is 2.68. The van der Waals surface area contributed by atoms with Crippen LogP contribution in [0.1, 0.15) is 10.4 Å². The van der Waals surface area contributed by atoms with Crippen LogP contribution in [0.15, 0.2) is 39.4 Å². The van der Waals surface area contributed by atoms with E-state index in [1.54, 1.807) is 24.3 Å². The minimum Gasteiger partial charge on any atom is -0.465 e. The molecule has 0 amide bonds. The molecule has 0 bridgehead atoms. The predicted molar refractivity (Wildman–Crippen MR) is 68.2 cm³/mol. The lowest BCUT2D eigenvalue weighted by Crippen LogP contribution is -2.04. The van der Waals surface area contributed by atoms with Crippen molar-refractivity contribution in [2.24, 2.45) is 0 Å². The fourth-order valence-electron chi connectivity index (χ4n) is 1.52. The largest absolute Gasteiger partial charge is 0.465 e. The van der Waals surface area contributed by atoms with E-state index in [1.807, 2.05) is 0 Å². The molecule has 1 aromatic heterocycles. The summed E-state index contributed by atoms with van der Waals surface area (Å²) in [6, 6.07) is 6.76. The molecule has 1 aromatic carbocycles. The van der Waals surface area contributed by atoms with E-state index in [9.17, 15) is 4.79 Å². The van der Waals surface area contributed by atoms with Crippen molar-refractivity contribution in [3.8, 4) is 11.3 Å². The van der Waals surface area contributed by atoms with E-state index >= 15 is 0 Å². The zero-order valence-electron chi connectivity index (χ0n) is 8.87. The number of hydrogen-bond acceptors (Lipinski definition) is 3. The summed E-state index contributed by atoms with van der Waals surface area (Å²) in [5, 5.41) is 0.451. The highest BCUT2D eigenvalue weighted by Crippen LogP contribution is 2.35. The molecular formula is C12H8BrClO3. The van der Waals surface area contributed by atoms with Crippen molar-refractivity contribution in [3.63, 3.8) is 0 Å². The molecule has 0 saturated heterocycles. The molecule has 2 aromatic rings. The number of ether oxygens (including phenoxy) is 1. The van der Waals surface area contributed by atoms with Gasteiger partial charge in [-0.2, -0.15) is 0 Å². The van der Waals surface area contributed by atoms with Gasteiger partial charge in [0.1, 0.15) is 5.76 Å². The Kier molecular flexibility index (Phi) is 3.54. The second-order valence-electron chi connectivity index (χ2n) is 3.28. The maximum Gasteiger partial charge on any atom is 0.338 e. The topological polar surface area (TPSA) is 39.4 Å². The molecule has 17 heavy (non-hydrogen) atoms. The van der Waals surface area contributed by atoms with E-state index in [4.69, 9.17) is 20.8 Å². The summed E-state index contributed by atoms with van der Waals surface area (Å²) in [5.41, 5.74) is 0.994. The molecule has 0 spiro atoms. The van der Waals surface area contributed by atoms with Gasteiger partial charge in [-0.25, -0.2) is 4.79 Å². The smallest absolute Gasteiger partial charge is 0.338 e. The van der Waals surface area contributed by atoms with Gasteiger partial charge in [0.05, 0.1) is 18.9 Å². The predicted octanol–water partition coefficient (Wildman–Crippen LogP) is 4.15. The third-order valence-electron chi connectivity index (χ3n) is 2.23. The zero-order valence-corrected chi connectivity index (χ0v) is 11.2. The Bertz CT molecular complexity index is 549. The monoisotopic (exact) mass is 314 g/mol. The Morgan fingerprint density at radius 2 is 2.24 bits per heavy atom. The fraction of sp³-hybridized carbons (Fsp3) is 0.0833. The van der Waals surface area contributed by atoms with E-state index in [1.165, 1.54) is 13.4 Å². The van der Waals surface area contributed by atoms with E-state index in [2.05, 4.69) is 15.9 Å². The van der Waals surface area contributed by atoms with E-state index < -0.39 is 5.97 Å². The molecule has 0 fully saturated rings. The van der Waals surface area contributed by atoms with Crippen molar-refractivity contribution in [2.75, 3.05) is 7.11 Å². The van der Waals surface area contributed by atoms with Crippen LogP contribution in [0.4, 0.5) is 0 Å². The van der Waals surface area contributed by atoms with Crippen LogP contribution in [0.5, 0.6) is 0 Å². The molecule has 0 aliphatic rings. The molecule has 5 heteroatoms. The van der Waals surface area contributed by atoms with Gasteiger partial charge in [0.25, 0.3) is 0 Å². The van der Waals surface area contributed by atoms with Crippen LogP contribution in [0.2, 0.25) is 5.02 Å². The number of carbonyl (C=O) groups is 1. The van der Waals surface area contributed by atoms with Gasteiger partial charge in [0.2, 0.25) is 0 Å². The quantitative estimate of drug-likeness (QED) is 0.782. The van der Waals surface area contributed by atoms with Gasteiger partial charge in [-0.3, -0.25) is 0 Å². The average molecular weight is 316 g/mol. The average Bonchev–Trinajstić information content (AvgIpc) is 2.80. The van der Waals surface area contributed by atoms with Crippen LogP contribution >= 0.6 is 27.5 Å². The standard InChI is InChI=1S/C12H8BrClO3/c1-16-12(15)8-5-7(14)6-9(13)11(8)10-3-2-4-17-10/h2-6H,1H3.